The van der Waals surface area contributed by atoms with Crippen LogP contribution < -0.4 is 15.2 Å². The van der Waals surface area contributed by atoms with Gasteiger partial charge in [-0.2, -0.15) is 0 Å². The molecule has 1 aromatic heterocycles. The van der Waals surface area contributed by atoms with Gasteiger partial charge in [-0.1, -0.05) is 48.5 Å². The van der Waals surface area contributed by atoms with Crippen molar-refractivity contribution in [3.63, 3.8) is 0 Å². The number of nitrogen functional groups attached to an aromatic ring is 1. The molecule has 1 aliphatic heterocycles. The number of hydrogen-bond acceptors (Lipinski definition) is 6. The third-order valence-electron chi connectivity index (χ3n) is 9.50. The van der Waals surface area contributed by atoms with E-state index in [4.69, 9.17) is 20.2 Å². The molecule has 6 heteroatoms. The summed E-state index contributed by atoms with van der Waals surface area (Å²) in [6, 6.07) is 22.7. The van der Waals surface area contributed by atoms with E-state index in [0.717, 1.165) is 73.0 Å². The first kappa shape index (κ1) is 29.2. The maximum atomic E-state index is 12.9. The summed E-state index contributed by atoms with van der Waals surface area (Å²) < 4.78 is 10.8. The lowest BCUT2D eigenvalue weighted by Crippen LogP contribution is -2.34. The van der Waals surface area contributed by atoms with Crippen LogP contribution in [0.2, 0.25) is 0 Å². The van der Waals surface area contributed by atoms with Crippen LogP contribution in [0.5, 0.6) is 11.5 Å². The number of pyridine rings is 1. The Morgan fingerprint density at radius 1 is 0.907 bits per heavy atom. The van der Waals surface area contributed by atoms with E-state index in [9.17, 15) is 4.79 Å². The summed E-state index contributed by atoms with van der Waals surface area (Å²) in [4.78, 5) is 20.2. The van der Waals surface area contributed by atoms with Gasteiger partial charge < -0.3 is 15.2 Å². The maximum absolute atomic E-state index is 12.9. The molecule has 0 bridgehead atoms. The normalized spacial score (nSPS) is 18.5. The van der Waals surface area contributed by atoms with Crippen LogP contribution in [-0.2, 0) is 25.8 Å². The number of rotatable bonds is 6. The Morgan fingerprint density at radius 3 is 2.37 bits per heavy atom. The first-order valence-corrected chi connectivity index (χ1v) is 15.8. The summed E-state index contributed by atoms with van der Waals surface area (Å²) in [6.45, 7) is 3.27. The van der Waals surface area contributed by atoms with Gasteiger partial charge in [-0.05, 0) is 105 Å². The molecule has 2 N–H and O–H groups in total. The highest BCUT2D eigenvalue weighted by Crippen LogP contribution is 2.39. The molecule has 224 valence electrons. The number of hydrogen-bond donors (Lipinski definition) is 1. The van der Waals surface area contributed by atoms with E-state index in [-0.39, 0.29) is 11.7 Å². The van der Waals surface area contributed by atoms with Gasteiger partial charge in [0.05, 0.1) is 19.7 Å². The number of likely N-dealkylation sites (tertiary alicyclic amines) is 1. The lowest BCUT2D eigenvalue weighted by molar-refractivity contribution is 0.0895. The molecule has 4 aromatic rings. The van der Waals surface area contributed by atoms with Gasteiger partial charge in [0.2, 0.25) is 0 Å². The van der Waals surface area contributed by atoms with E-state index in [0.29, 0.717) is 17.4 Å². The van der Waals surface area contributed by atoms with Crippen molar-refractivity contribution < 1.29 is 14.3 Å². The molecule has 43 heavy (non-hydrogen) atoms. The fourth-order valence-corrected chi connectivity index (χ4v) is 7.12. The van der Waals surface area contributed by atoms with Crippen molar-refractivity contribution in [2.24, 2.45) is 11.8 Å². The molecular formula is C37H43N3O3. The molecular weight excluding hydrogens is 534 g/mol. The number of aryl methyl sites for hydroxylation is 1. The van der Waals surface area contributed by atoms with Gasteiger partial charge in [-0.3, -0.25) is 14.7 Å². The molecule has 2 aliphatic carbocycles. The average Bonchev–Trinajstić information content (AvgIpc) is 3.35. The standard InChI is InChI=1S/C24H29NO3.C13H14N2/c1-27-22-14-19-13-20(24(26)21(19)15-23(22)28-2)12-17-8-10-25(11-9-17)16-18-6-4-3-5-7-18;14-13-9-5-1-3-7-11(9)15-12-8-4-2-6-10(12)13/h3-7,14-15,17,20H,8-13,16H2,1-2H3;1,3,5,7H,2,4,6,8H2,(H2,14,15). The second kappa shape index (κ2) is 13.2. The number of anilines is 1. The number of ketones is 1. The van der Waals surface area contributed by atoms with Gasteiger partial charge >= 0.3 is 0 Å². The fraction of sp³-hybridized carbons (Fsp3) is 0.405. The smallest absolute Gasteiger partial charge is 0.166 e. The number of nitrogens with zero attached hydrogens (tertiary/aromatic N) is 2. The molecule has 1 saturated heterocycles. The highest BCUT2D eigenvalue weighted by Gasteiger charge is 2.34. The molecule has 0 amide bonds. The van der Waals surface area contributed by atoms with Crippen LogP contribution in [0.3, 0.4) is 0 Å². The third kappa shape index (κ3) is 6.40. The zero-order valence-electron chi connectivity index (χ0n) is 25.5. The minimum atomic E-state index is 0.109. The van der Waals surface area contributed by atoms with Gasteiger partial charge in [0.1, 0.15) is 0 Å². The lowest BCUT2D eigenvalue weighted by atomic mass is 9.85. The Labute approximate surface area is 255 Å². The highest BCUT2D eigenvalue weighted by molar-refractivity contribution is 6.03. The van der Waals surface area contributed by atoms with Crippen molar-refractivity contribution >= 4 is 22.4 Å². The van der Waals surface area contributed by atoms with Gasteiger partial charge in [-0.25, -0.2) is 0 Å². The predicted molar refractivity (Wildman–Crippen MR) is 173 cm³/mol. The molecule has 3 aliphatic rings. The molecule has 0 saturated carbocycles. The number of carbonyl (C=O) groups excluding carboxylic acids is 1. The Morgan fingerprint density at radius 2 is 1.60 bits per heavy atom. The molecule has 6 nitrogen and oxygen atoms in total. The highest BCUT2D eigenvalue weighted by atomic mass is 16.5. The Bertz CT molecular complexity index is 1580. The minimum Gasteiger partial charge on any atom is -0.493 e. The van der Waals surface area contributed by atoms with Gasteiger partial charge in [0.15, 0.2) is 17.3 Å². The summed E-state index contributed by atoms with van der Waals surface area (Å²) in [5, 5.41) is 1.11. The van der Waals surface area contributed by atoms with Gasteiger partial charge in [0, 0.05) is 34.8 Å². The van der Waals surface area contributed by atoms with Crippen LogP contribution in [0.25, 0.3) is 10.9 Å². The SMILES string of the molecule is COc1cc2c(cc1OC)C(=O)C(CC1CCN(Cc3ccccc3)CC1)C2.Nc1c2c(nc3ccccc13)CCCC2. The second-order valence-corrected chi connectivity index (χ2v) is 12.2. The number of nitrogens with two attached hydrogens (primary N) is 1. The number of carbonyl (C=O) groups is 1. The van der Waals surface area contributed by atoms with Crippen molar-refractivity contribution in [3.05, 3.63) is 94.7 Å². The zero-order chi connectivity index (χ0) is 29.8. The Balaban J connectivity index is 0.000000183. The van der Waals surface area contributed by atoms with E-state index in [1.54, 1.807) is 14.2 Å². The van der Waals surface area contributed by atoms with E-state index < -0.39 is 0 Å². The minimum absolute atomic E-state index is 0.109. The summed E-state index contributed by atoms with van der Waals surface area (Å²) in [5.74, 6) is 2.38. The van der Waals surface area contributed by atoms with Crippen LogP contribution in [-0.4, -0.2) is 43.0 Å². The Kier molecular flexibility index (Phi) is 8.94. The Hall–Kier alpha value is -3.90. The number of benzene rings is 3. The van der Waals surface area contributed by atoms with Gasteiger partial charge in [-0.15, -0.1) is 0 Å². The summed E-state index contributed by atoms with van der Waals surface area (Å²) in [5.41, 5.74) is 14.0. The first-order valence-electron chi connectivity index (χ1n) is 15.8. The predicted octanol–water partition coefficient (Wildman–Crippen LogP) is 7.06. The van der Waals surface area contributed by atoms with Crippen molar-refractivity contribution in [2.45, 2.75) is 57.9 Å². The number of fused-ring (bicyclic) bond motifs is 3. The van der Waals surface area contributed by atoms with Crippen molar-refractivity contribution in [3.8, 4) is 11.5 Å². The topological polar surface area (TPSA) is 77.7 Å². The first-order chi connectivity index (χ1) is 21.0. The number of ether oxygens (including phenoxy) is 2. The van der Waals surface area contributed by atoms with Crippen LogP contribution in [0, 0.1) is 11.8 Å². The molecule has 7 rings (SSSR count). The second-order valence-electron chi connectivity index (χ2n) is 12.2. The summed E-state index contributed by atoms with van der Waals surface area (Å²) >= 11 is 0. The number of methoxy groups -OCH3 is 2. The van der Waals surface area contributed by atoms with E-state index in [2.05, 4.69) is 41.3 Å². The average molecular weight is 578 g/mol. The molecule has 2 heterocycles. The molecule has 0 radical (unpaired) electrons. The molecule has 0 spiro atoms. The lowest BCUT2D eigenvalue weighted by Gasteiger charge is -2.32. The molecule has 1 atom stereocenters. The van der Waals surface area contributed by atoms with E-state index in [1.807, 2.05) is 30.3 Å². The van der Waals surface area contributed by atoms with Crippen molar-refractivity contribution in [1.82, 2.24) is 9.88 Å². The third-order valence-corrected chi connectivity index (χ3v) is 9.50. The summed E-state index contributed by atoms with van der Waals surface area (Å²) in [7, 11) is 3.26. The van der Waals surface area contributed by atoms with Crippen LogP contribution >= 0.6 is 0 Å². The molecule has 3 aromatic carbocycles. The van der Waals surface area contributed by atoms with Crippen LogP contribution in [0.15, 0.2) is 66.7 Å². The molecule has 1 unspecified atom stereocenters. The van der Waals surface area contributed by atoms with Crippen LogP contribution in [0.4, 0.5) is 5.69 Å². The largest absolute Gasteiger partial charge is 0.493 e. The summed E-state index contributed by atoms with van der Waals surface area (Å²) in [6.07, 6.45) is 8.87. The van der Waals surface area contributed by atoms with Crippen molar-refractivity contribution in [2.75, 3.05) is 33.0 Å². The molecule has 1 fully saturated rings. The quantitative estimate of drug-likeness (QED) is 0.264. The monoisotopic (exact) mass is 577 g/mol. The van der Waals surface area contributed by atoms with Gasteiger partial charge in [0.25, 0.3) is 0 Å². The van der Waals surface area contributed by atoms with Crippen LogP contribution in [0.1, 0.15) is 64.8 Å². The van der Waals surface area contributed by atoms with Crippen molar-refractivity contribution in [1.29, 1.82) is 0 Å². The fourth-order valence-electron chi connectivity index (χ4n) is 7.12. The maximum Gasteiger partial charge on any atom is 0.166 e. The van der Waals surface area contributed by atoms with E-state index >= 15 is 0 Å². The van der Waals surface area contributed by atoms with E-state index in [1.165, 1.54) is 42.5 Å². The number of Topliss-reactive ketones (excluding diaryl/α,β-unsaturated/α-hetero) is 1. The zero-order valence-corrected chi connectivity index (χ0v) is 25.5. The number of aromatic nitrogens is 1. The number of piperidine rings is 1. The number of para-hydroxylation sites is 1.